The summed E-state index contributed by atoms with van der Waals surface area (Å²) in [7, 11) is 3.08. The predicted molar refractivity (Wildman–Crippen MR) is 119 cm³/mol. The van der Waals surface area contributed by atoms with E-state index in [0.717, 1.165) is 25.0 Å². The average molecular weight is 477 g/mol. The van der Waals surface area contributed by atoms with Gasteiger partial charge in [0.15, 0.2) is 0 Å². The van der Waals surface area contributed by atoms with E-state index in [-0.39, 0.29) is 18.0 Å². The maximum Gasteiger partial charge on any atom is 0.416 e. The van der Waals surface area contributed by atoms with Crippen molar-refractivity contribution in [2.24, 2.45) is 0 Å². The summed E-state index contributed by atoms with van der Waals surface area (Å²) in [4.78, 5) is 18.9. The van der Waals surface area contributed by atoms with Crippen molar-refractivity contribution in [2.45, 2.75) is 32.4 Å². The smallest absolute Gasteiger partial charge is 0.416 e. The molecule has 1 aromatic heterocycles. The summed E-state index contributed by atoms with van der Waals surface area (Å²) in [5.41, 5.74) is 0.0467. The van der Waals surface area contributed by atoms with E-state index in [1.807, 2.05) is 6.92 Å². The largest absolute Gasteiger partial charge is 0.497 e. The molecule has 10 heteroatoms. The molecular weight excluding hydrogens is 451 g/mol. The first kappa shape index (κ1) is 25.1. The molecule has 3 aromatic rings. The van der Waals surface area contributed by atoms with Crippen LogP contribution in [-0.2, 0) is 12.6 Å². The summed E-state index contributed by atoms with van der Waals surface area (Å²) in [6.45, 7) is 2.74. The molecule has 0 fully saturated rings. The van der Waals surface area contributed by atoms with Crippen LogP contribution in [0.1, 0.15) is 41.6 Å². The van der Waals surface area contributed by atoms with Crippen molar-refractivity contribution >= 4 is 5.91 Å². The van der Waals surface area contributed by atoms with Crippen LogP contribution in [-0.4, -0.2) is 48.3 Å². The maximum absolute atomic E-state index is 13.0. The van der Waals surface area contributed by atoms with Crippen LogP contribution in [0.25, 0.3) is 11.4 Å². The molecule has 0 aliphatic rings. The zero-order valence-corrected chi connectivity index (χ0v) is 19.2. The topological polar surface area (TPSA) is 77.7 Å². The first-order chi connectivity index (χ1) is 16.2. The maximum atomic E-state index is 13.0. The lowest BCUT2D eigenvalue weighted by atomic mass is 10.1. The van der Waals surface area contributed by atoms with E-state index >= 15 is 0 Å². The highest BCUT2D eigenvalue weighted by atomic mass is 19.4. The van der Waals surface area contributed by atoms with Crippen molar-refractivity contribution in [3.8, 4) is 22.9 Å². The van der Waals surface area contributed by atoms with Crippen LogP contribution in [0.15, 0.2) is 47.0 Å². The molecule has 1 heterocycles. The zero-order valence-electron chi connectivity index (χ0n) is 19.2. The third kappa shape index (κ3) is 6.27. The van der Waals surface area contributed by atoms with Gasteiger partial charge in [-0.05, 0) is 42.8 Å². The summed E-state index contributed by atoms with van der Waals surface area (Å²) in [5.74, 6) is 1.49. The Kier molecular flexibility index (Phi) is 8.14. The number of hydrogen-bond donors (Lipinski definition) is 0. The summed E-state index contributed by atoms with van der Waals surface area (Å²) < 4.78 is 54.4. The molecule has 0 aliphatic heterocycles. The molecule has 0 N–H and O–H groups in total. The number of halogens is 3. The van der Waals surface area contributed by atoms with Gasteiger partial charge >= 0.3 is 6.18 Å². The Morgan fingerprint density at radius 3 is 2.24 bits per heavy atom. The monoisotopic (exact) mass is 477 g/mol. The van der Waals surface area contributed by atoms with E-state index in [0.29, 0.717) is 41.7 Å². The first-order valence-electron chi connectivity index (χ1n) is 10.8. The van der Waals surface area contributed by atoms with Crippen molar-refractivity contribution in [3.63, 3.8) is 0 Å². The number of benzene rings is 2. The van der Waals surface area contributed by atoms with Crippen molar-refractivity contribution in [1.82, 2.24) is 15.0 Å². The highest BCUT2D eigenvalue weighted by molar-refractivity contribution is 5.94. The minimum Gasteiger partial charge on any atom is -0.497 e. The second kappa shape index (κ2) is 11.0. The number of amides is 1. The molecule has 2 aromatic carbocycles. The number of carbonyl (C=O) groups is 1. The summed E-state index contributed by atoms with van der Waals surface area (Å²) in [5, 5.41) is 4.01. The quantitative estimate of drug-likeness (QED) is 0.397. The van der Waals surface area contributed by atoms with Crippen LogP contribution >= 0.6 is 0 Å². The molecule has 0 bridgehead atoms. The van der Waals surface area contributed by atoms with Crippen LogP contribution < -0.4 is 9.47 Å². The van der Waals surface area contributed by atoms with Crippen molar-refractivity contribution in [1.29, 1.82) is 0 Å². The number of aromatic nitrogens is 2. The van der Waals surface area contributed by atoms with E-state index in [2.05, 4.69) is 10.1 Å². The number of nitrogens with zero attached hydrogens (tertiary/aromatic N) is 3. The van der Waals surface area contributed by atoms with Gasteiger partial charge in [-0.1, -0.05) is 18.5 Å². The number of carbonyl (C=O) groups excluding carboxylic acids is 1. The predicted octanol–water partition coefficient (Wildman–Crippen LogP) is 5.26. The Balaban J connectivity index is 1.72. The third-order valence-electron chi connectivity index (χ3n) is 5.20. The van der Waals surface area contributed by atoms with Crippen molar-refractivity contribution in [2.75, 3.05) is 27.3 Å². The number of hydrogen-bond acceptors (Lipinski definition) is 6. The molecule has 0 atom stereocenters. The van der Waals surface area contributed by atoms with Gasteiger partial charge in [0.05, 0.1) is 19.8 Å². The molecule has 0 radical (unpaired) electrons. The minimum absolute atomic E-state index is 0.193. The van der Waals surface area contributed by atoms with E-state index in [9.17, 15) is 18.0 Å². The standard InChI is InChI=1S/C24H26F3N3O4/c1-4-5-11-30(23(31)16-6-8-18(9-7-16)24(25,26)27)12-10-21-28-22(29-34-21)17-13-19(32-2)15-20(14-17)33-3/h6-9,13-15H,4-5,10-12H2,1-3H3. The zero-order chi connectivity index (χ0) is 24.7. The molecule has 0 saturated heterocycles. The number of methoxy groups -OCH3 is 2. The number of ether oxygens (including phenoxy) is 2. The molecule has 0 aliphatic carbocycles. The van der Waals surface area contributed by atoms with Crippen LogP contribution in [0.5, 0.6) is 11.5 Å². The van der Waals surface area contributed by atoms with Crippen LogP contribution in [0, 0.1) is 0 Å². The van der Waals surface area contributed by atoms with Gasteiger partial charge in [0, 0.05) is 36.7 Å². The average Bonchev–Trinajstić information content (AvgIpc) is 3.32. The van der Waals surface area contributed by atoms with Gasteiger partial charge in [-0.3, -0.25) is 4.79 Å². The molecule has 1 amide bonds. The number of unbranched alkanes of at least 4 members (excludes halogenated alkanes) is 1. The van der Waals surface area contributed by atoms with Crippen LogP contribution in [0.3, 0.4) is 0 Å². The summed E-state index contributed by atoms with van der Waals surface area (Å²) in [6.07, 6.45) is -2.54. The Hall–Kier alpha value is -3.56. The molecule has 0 spiro atoms. The molecule has 0 saturated carbocycles. The van der Waals surface area contributed by atoms with E-state index in [1.165, 1.54) is 12.1 Å². The van der Waals surface area contributed by atoms with Crippen LogP contribution in [0.4, 0.5) is 13.2 Å². The highest BCUT2D eigenvalue weighted by Crippen LogP contribution is 2.30. The summed E-state index contributed by atoms with van der Waals surface area (Å²) in [6, 6.07) is 9.45. The second-order valence-electron chi connectivity index (χ2n) is 7.58. The second-order valence-corrected chi connectivity index (χ2v) is 7.58. The number of rotatable bonds is 10. The van der Waals surface area contributed by atoms with Crippen molar-refractivity contribution in [3.05, 3.63) is 59.5 Å². The Morgan fingerprint density at radius 2 is 1.68 bits per heavy atom. The fraction of sp³-hybridized carbons (Fsp3) is 0.375. The fourth-order valence-electron chi connectivity index (χ4n) is 3.29. The Morgan fingerprint density at radius 1 is 1.03 bits per heavy atom. The number of alkyl halides is 3. The van der Waals surface area contributed by atoms with Gasteiger partial charge in [0.2, 0.25) is 11.7 Å². The van der Waals surface area contributed by atoms with Gasteiger partial charge in [-0.25, -0.2) is 0 Å². The lowest BCUT2D eigenvalue weighted by molar-refractivity contribution is -0.137. The van der Waals surface area contributed by atoms with Gasteiger partial charge < -0.3 is 18.9 Å². The third-order valence-corrected chi connectivity index (χ3v) is 5.20. The molecule has 182 valence electrons. The fourth-order valence-corrected chi connectivity index (χ4v) is 3.29. The van der Waals surface area contributed by atoms with Crippen LogP contribution in [0.2, 0.25) is 0 Å². The van der Waals surface area contributed by atoms with Crippen molar-refractivity contribution < 1.29 is 32.0 Å². The lowest BCUT2D eigenvalue weighted by Crippen LogP contribution is -2.34. The Bertz CT molecular complexity index is 1080. The molecule has 3 rings (SSSR count). The molecule has 7 nitrogen and oxygen atoms in total. The first-order valence-corrected chi connectivity index (χ1v) is 10.8. The molecule has 0 unspecified atom stereocenters. The van der Waals surface area contributed by atoms with Gasteiger partial charge in [0.25, 0.3) is 5.91 Å². The summed E-state index contributed by atoms with van der Waals surface area (Å²) >= 11 is 0. The SMILES string of the molecule is CCCCN(CCc1nc(-c2cc(OC)cc(OC)c2)no1)C(=O)c1ccc(C(F)(F)F)cc1. The lowest BCUT2D eigenvalue weighted by Gasteiger charge is -2.22. The highest BCUT2D eigenvalue weighted by Gasteiger charge is 2.30. The minimum atomic E-state index is -4.45. The van der Waals surface area contributed by atoms with Gasteiger partial charge in [-0.15, -0.1) is 0 Å². The Labute approximate surface area is 195 Å². The van der Waals surface area contributed by atoms with Gasteiger partial charge in [-0.2, -0.15) is 18.2 Å². The van der Waals surface area contributed by atoms with Gasteiger partial charge in [0.1, 0.15) is 11.5 Å². The molecule has 34 heavy (non-hydrogen) atoms. The molecular formula is C24H26F3N3O4. The van der Waals surface area contributed by atoms with E-state index < -0.39 is 11.7 Å². The van der Waals surface area contributed by atoms with E-state index in [1.54, 1.807) is 37.3 Å². The normalized spacial score (nSPS) is 11.4. The van der Waals surface area contributed by atoms with E-state index in [4.69, 9.17) is 14.0 Å².